The lowest BCUT2D eigenvalue weighted by Gasteiger charge is -2.40. The maximum absolute atomic E-state index is 12.9. The number of aliphatic hydroxyl groups is 1. The first-order valence-corrected chi connectivity index (χ1v) is 8.27. The predicted molar refractivity (Wildman–Crippen MR) is 83.0 cm³/mol. The molecule has 3 rings (SSSR count). The van der Waals surface area contributed by atoms with Gasteiger partial charge in [-0.2, -0.15) is 0 Å². The number of rotatable bonds is 5. The van der Waals surface area contributed by atoms with Gasteiger partial charge in [0.05, 0.1) is 0 Å². The van der Waals surface area contributed by atoms with E-state index in [0.29, 0.717) is 18.4 Å². The minimum absolute atomic E-state index is 0.138. The number of aryl methyl sites for hydroxylation is 1. The molecular weight excluding hydrogens is 262 g/mol. The molecule has 2 aliphatic carbocycles. The third kappa shape index (κ3) is 3.13. The third-order valence-corrected chi connectivity index (χ3v) is 5.05. The van der Waals surface area contributed by atoms with Crippen molar-refractivity contribution in [2.45, 2.75) is 51.0 Å². The minimum Gasteiger partial charge on any atom is -0.396 e. The Morgan fingerprint density at radius 3 is 2.62 bits per heavy atom. The standard InChI is InChI=1S/C18H25NO2/c20-12-4-11-19(17-7-3-8-17)18(21)16-10-9-14-5-1-2-6-15(14)13-16/h1-2,5-6,16-17,20H,3-4,7-13H2. The molecule has 21 heavy (non-hydrogen) atoms. The predicted octanol–water partition coefficient (Wildman–Crippen LogP) is 2.56. The molecule has 0 aliphatic heterocycles. The number of carbonyl (C=O) groups excluding carboxylic acids is 1. The Labute approximate surface area is 127 Å². The summed E-state index contributed by atoms with van der Waals surface area (Å²) in [6, 6.07) is 8.94. The zero-order chi connectivity index (χ0) is 14.7. The van der Waals surface area contributed by atoms with Crippen molar-refractivity contribution >= 4 is 5.91 Å². The van der Waals surface area contributed by atoms with E-state index in [2.05, 4.69) is 29.2 Å². The highest BCUT2D eigenvalue weighted by Gasteiger charge is 2.33. The third-order valence-electron chi connectivity index (χ3n) is 5.05. The number of fused-ring (bicyclic) bond motifs is 1. The van der Waals surface area contributed by atoms with Crippen LogP contribution in [0.25, 0.3) is 0 Å². The lowest BCUT2D eigenvalue weighted by Crippen LogP contribution is -2.48. The zero-order valence-corrected chi connectivity index (χ0v) is 12.6. The number of carbonyl (C=O) groups is 1. The molecule has 1 fully saturated rings. The van der Waals surface area contributed by atoms with Gasteiger partial charge in [0.15, 0.2) is 0 Å². The number of benzene rings is 1. The summed E-state index contributed by atoms with van der Waals surface area (Å²) in [6.07, 6.45) is 7.09. The summed E-state index contributed by atoms with van der Waals surface area (Å²) in [5, 5.41) is 9.07. The van der Waals surface area contributed by atoms with E-state index >= 15 is 0 Å². The highest BCUT2D eigenvalue weighted by molar-refractivity contribution is 5.80. The molecule has 1 aromatic rings. The van der Waals surface area contributed by atoms with Crippen LogP contribution in [-0.4, -0.2) is 35.1 Å². The van der Waals surface area contributed by atoms with Crippen LogP contribution in [0.2, 0.25) is 0 Å². The summed E-state index contributed by atoms with van der Waals surface area (Å²) in [6.45, 7) is 0.891. The summed E-state index contributed by atoms with van der Waals surface area (Å²) in [5.74, 6) is 0.460. The first-order valence-electron chi connectivity index (χ1n) is 8.27. The van der Waals surface area contributed by atoms with Crippen LogP contribution in [0.3, 0.4) is 0 Å². The Hall–Kier alpha value is -1.35. The van der Waals surface area contributed by atoms with Gasteiger partial charge >= 0.3 is 0 Å². The van der Waals surface area contributed by atoms with Gasteiger partial charge in [0, 0.05) is 25.1 Å². The number of amides is 1. The Balaban J connectivity index is 1.68. The average molecular weight is 287 g/mol. The van der Waals surface area contributed by atoms with Crippen molar-refractivity contribution in [3.8, 4) is 0 Å². The fourth-order valence-electron chi connectivity index (χ4n) is 3.56. The molecular formula is C18H25NO2. The topological polar surface area (TPSA) is 40.5 Å². The summed E-state index contributed by atoms with van der Waals surface area (Å²) < 4.78 is 0. The summed E-state index contributed by atoms with van der Waals surface area (Å²) in [7, 11) is 0. The van der Waals surface area contributed by atoms with Gasteiger partial charge in [0.25, 0.3) is 0 Å². The largest absolute Gasteiger partial charge is 0.396 e. The molecule has 0 heterocycles. The molecule has 1 amide bonds. The molecule has 0 radical (unpaired) electrons. The first kappa shape index (κ1) is 14.6. The highest BCUT2D eigenvalue weighted by atomic mass is 16.3. The lowest BCUT2D eigenvalue weighted by molar-refractivity contribution is -0.140. The van der Waals surface area contributed by atoms with E-state index in [1.165, 1.54) is 17.5 Å². The van der Waals surface area contributed by atoms with Gasteiger partial charge < -0.3 is 10.0 Å². The van der Waals surface area contributed by atoms with Gasteiger partial charge in [-0.3, -0.25) is 4.79 Å². The molecule has 0 bridgehead atoms. The van der Waals surface area contributed by atoms with Crippen LogP contribution in [0.1, 0.15) is 43.2 Å². The van der Waals surface area contributed by atoms with Gasteiger partial charge in [0.2, 0.25) is 5.91 Å². The minimum atomic E-state index is 0.138. The van der Waals surface area contributed by atoms with Crippen LogP contribution >= 0.6 is 0 Å². The van der Waals surface area contributed by atoms with Crippen LogP contribution in [0.15, 0.2) is 24.3 Å². The normalized spacial score (nSPS) is 21.5. The Kier molecular flexibility index (Phi) is 4.59. The fraction of sp³-hybridized carbons (Fsp3) is 0.611. The lowest BCUT2D eigenvalue weighted by atomic mass is 9.82. The molecule has 114 valence electrons. The molecule has 2 aliphatic rings. The van der Waals surface area contributed by atoms with E-state index in [-0.39, 0.29) is 12.5 Å². The number of nitrogens with zero attached hydrogens (tertiary/aromatic N) is 1. The van der Waals surface area contributed by atoms with E-state index in [9.17, 15) is 4.79 Å². The monoisotopic (exact) mass is 287 g/mol. The van der Waals surface area contributed by atoms with Crippen molar-refractivity contribution in [1.29, 1.82) is 0 Å². The van der Waals surface area contributed by atoms with Crippen molar-refractivity contribution in [3.05, 3.63) is 35.4 Å². The molecule has 3 heteroatoms. The number of hydrogen-bond donors (Lipinski definition) is 1. The molecule has 1 atom stereocenters. The molecule has 3 nitrogen and oxygen atoms in total. The molecule has 1 aromatic carbocycles. The van der Waals surface area contributed by atoms with Crippen LogP contribution in [0.4, 0.5) is 0 Å². The number of hydrogen-bond acceptors (Lipinski definition) is 2. The molecule has 1 N–H and O–H groups in total. The van der Waals surface area contributed by atoms with E-state index in [0.717, 1.165) is 38.6 Å². The van der Waals surface area contributed by atoms with Gasteiger partial charge in [-0.05, 0) is 56.1 Å². The second-order valence-corrected chi connectivity index (χ2v) is 6.40. The van der Waals surface area contributed by atoms with Crippen molar-refractivity contribution in [1.82, 2.24) is 4.90 Å². The van der Waals surface area contributed by atoms with Crippen LogP contribution in [0.5, 0.6) is 0 Å². The van der Waals surface area contributed by atoms with Crippen LogP contribution < -0.4 is 0 Å². The maximum atomic E-state index is 12.9. The van der Waals surface area contributed by atoms with E-state index in [1.54, 1.807) is 0 Å². The van der Waals surface area contributed by atoms with Crippen LogP contribution in [-0.2, 0) is 17.6 Å². The van der Waals surface area contributed by atoms with Crippen molar-refractivity contribution in [2.75, 3.05) is 13.2 Å². The molecule has 0 aromatic heterocycles. The van der Waals surface area contributed by atoms with Gasteiger partial charge in [-0.25, -0.2) is 0 Å². The quantitative estimate of drug-likeness (QED) is 0.904. The second kappa shape index (κ2) is 6.61. The Bertz CT molecular complexity index is 496. The van der Waals surface area contributed by atoms with Crippen molar-refractivity contribution in [3.63, 3.8) is 0 Å². The van der Waals surface area contributed by atoms with Gasteiger partial charge in [0.1, 0.15) is 0 Å². The Morgan fingerprint density at radius 1 is 1.19 bits per heavy atom. The maximum Gasteiger partial charge on any atom is 0.226 e. The first-order chi connectivity index (χ1) is 10.3. The molecule has 1 unspecified atom stereocenters. The van der Waals surface area contributed by atoms with Crippen molar-refractivity contribution < 1.29 is 9.90 Å². The smallest absolute Gasteiger partial charge is 0.226 e. The van der Waals surface area contributed by atoms with E-state index in [4.69, 9.17) is 5.11 Å². The Morgan fingerprint density at radius 2 is 1.95 bits per heavy atom. The van der Waals surface area contributed by atoms with E-state index < -0.39 is 0 Å². The molecule has 0 saturated heterocycles. The fourth-order valence-corrected chi connectivity index (χ4v) is 3.56. The van der Waals surface area contributed by atoms with E-state index in [1.807, 2.05) is 0 Å². The summed E-state index contributed by atoms with van der Waals surface area (Å²) >= 11 is 0. The number of aliphatic hydroxyl groups excluding tert-OH is 1. The molecule has 1 saturated carbocycles. The van der Waals surface area contributed by atoms with Crippen LogP contribution in [0, 0.1) is 5.92 Å². The summed E-state index contributed by atoms with van der Waals surface area (Å²) in [5.41, 5.74) is 2.75. The zero-order valence-electron chi connectivity index (χ0n) is 12.6. The summed E-state index contributed by atoms with van der Waals surface area (Å²) in [4.78, 5) is 15.0. The molecule has 0 spiro atoms. The van der Waals surface area contributed by atoms with Gasteiger partial charge in [-0.15, -0.1) is 0 Å². The second-order valence-electron chi connectivity index (χ2n) is 6.40. The average Bonchev–Trinajstić information content (AvgIpc) is 2.48. The SMILES string of the molecule is O=C(C1CCc2ccccc2C1)N(CCCO)C1CCC1. The highest BCUT2D eigenvalue weighted by Crippen LogP contribution is 2.31. The van der Waals surface area contributed by atoms with Crippen molar-refractivity contribution in [2.24, 2.45) is 5.92 Å². The van der Waals surface area contributed by atoms with Gasteiger partial charge in [-0.1, -0.05) is 24.3 Å².